The van der Waals surface area contributed by atoms with Crippen molar-refractivity contribution in [3.05, 3.63) is 0 Å². The molecular formula is C14H20F6NO7S2-. The third-order valence-corrected chi connectivity index (χ3v) is 7.65. The van der Waals surface area contributed by atoms with E-state index in [-0.39, 0.29) is 4.31 Å². The molecule has 0 radical (unpaired) electrons. The van der Waals surface area contributed by atoms with E-state index in [1.54, 1.807) is 20.8 Å². The van der Waals surface area contributed by atoms with Gasteiger partial charge < -0.3 is 9.29 Å². The zero-order valence-corrected chi connectivity index (χ0v) is 17.6. The predicted octanol–water partition coefficient (Wildman–Crippen LogP) is 2.13. The van der Waals surface area contributed by atoms with E-state index in [1.165, 1.54) is 0 Å². The summed E-state index contributed by atoms with van der Waals surface area (Å²) in [5.41, 5.74) is -0.895. The zero-order chi connectivity index (χ0) is 24.0. The van der Waals surface area contributed by atoms with Gasteiger partial charge in [0.25, 0.3) is 10.0 Å². The Morgan fingerprint density at radius 1 is 1.00 bits per heavy atom. The number of nitrogens with zero attached hydrogens (tertiary/aromatic N) is 1. The Bertz CT molecular complexity index is 865. The summed E-state index contributed by atoms with van der Waals surface area (Å²) >= 11 is 0. The fraction of sp³-hybridized carbons (Fsp3) is 0.929. The maximum Gasteiger partial charge on any atom is 0.428 e. The van der Waals surface area contributed by atoms with Gasteiger partial charge in [0.1, 0.15) is 6.10 Å². The van der Waals surface area contributed by atoms with Crippen LogP contribution in [0.25, 0.3) is 0 Å². The van der Waals surface area contributed by atoms with Gasteiger partial charge in [0, 0.05) is 13.1 Å². The van der Waals surface area contributed by atoms with Gasteiger partial charge in [0.2, 0.25) is 0 Å². The van der Waals surface area contributed by atoms with Gasteiger partial charge in [-0.05, 0) is 33.1 Å². The van der Waals surface area contributed by atoms with Gasteiger partial charge in [-0.15, -0.1) is 0 Å². The average molecular weight is 492 g/mol. The van der Waals surface area contributed by atoms with Gasteiger partial charge in [-0.3, -0.25) is 4.79 Å². The van der Waals surface area contributed by atoms with Crippen molar-refractivity contribution in [3.8, 4) is 0 Å². The highest BCUT2D eigenvalue weighted by Gasteiger charge is 2.80. The van der Waals surface area contributed by atoms with Crippen LogP contribution < -0.4 is 0 Å². The topological polar surface area (TPSA) is 121 Å². The maximum atomic E-state index is 14.0. The molecule has 1 fully saturated rings. The zero-order valence-electron chi connectivity index (χ0n) is 16.0. The second-order valence-corrected chi connectivity index (χ2v) is 10.7. The molecule has 0 unspecified atom stereocenters. The molecule has 0 atom stereocenters. The summed E-state index contributed by atoms with van der Waals surface area (Å²) < 4.78 is 141. The lowest BCUT2D eigenvalue weighted by molar-refractivity contribution is -0.247. The molecule has 0 N–H and O–H groups in total. The number of hydrogen-bond acceptors (Lipinski definition) is 7. The van der Waals surface area contributed by atoms with Crippen molar-refractivity contribution < 1.29 is 57.3 Å². The number of rotatable bonds is 8. The van der Waals surface area contributed by atoms with Gasteiger partial charge in [0.05, 0.1) is 5.41 Å². The Morgan fingerprint density at radius 3 is 1.80 bits per heavy atom. The van der Waals surface area contributed by atoms with E-state index in [2.05, 4.69) is 0 Å². The molecule has 0 aliphatic carbocycles. The van der Waals surface area contributed by atoms with E-state index in [9.17, 15) is 52.5 Å². The van der Waals surface area contributed by atoms with Crippen LogP contribution in [0.2, 0.25) is 0 Å². The Kier molecular flexibility index (Phi) is 7.26. The van der Waals surface area contributed by atoms with Crippen molar-refractivity contribution in [2.24, 2.45) is 5.41 Å². The minimum atomic E-state index is -7.33. The fourth-order valence-electron chi connectivity index (χ4n) is 2.30. The van der Waals surface area contributed by atoms with Gasteiger partial charge in [-0.25, -0.2) is 16.8 Å². The van der Waals surface area contributed by atoms with Crippen molar-refractivity contribution in [3.63, 3.8) is 0 Å². The van der Waals surface area contributed by atoms with Crippen LogP contribution in [0, 0.1) is 5.41 Å². The van der Waals surface area contributed by atoms with Gasteiger partial charge in [-0.1, -0.05) is 6.92 Å². The lowest BCUT2D eigenvalue weighted by Crippen LogP contribution is -2.63. The van der Waals surface area contributed by atoms with Gasteiger partial charge in [-0.2, -0.15) is 30.6 Å². The van der Waals surface area contributed by atoms with Crippen molar-refractivity contribution in [1.82, 2.24) is 4.31 Å². The van der Waals surface area contributed by atoms with E-state index in [4.69, 9.17) is 4.74 Å². The largest absolute Gasteiger partial charge is 0.743 e. The van der Waals surface area contributed by atoms with Crippen molar-refractivity contribution in [1.29, 1.82) is 0 Å². The maximum absolute atomic E-state index is 14.0. The van der Waals surface area contributed by atoms with Crippen LogP contribution in [0.5, 0.6) is 0 Å². The normalized spacial score (nSPS) is 19.0. The third kappa shape index (κ3) is 4.41. The SMILES string of the molecule is CCC(C)(C)C(=O)OC1CCN(S(=O)(=O)C(F)(F)C(F)(F)C(F)(F)S(=O)(=O)[O-])CC1. The summed E-state index contributed by atoms with van der Waals surface area (Å²) in [6.45, 7) is 3.02. The van der Waals surface area contributed by atoms with Crippen LogP contribution >= 0.6 is 0 Å². The molecule has 8 nitrogen and oxygen atoms in total. The first kappa shape index (κ1) is 26.9. The number of hydrogen-bond donors (Lipinski definition) is 0. The standard InChI is InChI=1S/C14H21F6NO7S2/c1-4-11(2,3)10(22)28-9-5-7-21(8-6-9)29(23,24)13(17,18)12(15,16)14(19,20)30(25,26)27/h9H,4-8H2,1-3H3,(H,25,26,27)/p-1. The Hall–Kier alpha value is -1.13. The number of ether oxygens (including phenoxy) is 1. The lowest BCUT2D eigenvalue weighted by atomic mass is 9.90. The molecule has 0 bridgehead atoms. The number of piperidine rings is 1. The molecular weight excluding hydrogens is 472 g/mol. The minimum Gasteiger partial charge on any atom is -0.743 e. The quantitative estimate of drug-likeness (QED) is 0.289. The summed E-state index contributed by atoms with van der Waals surface area (Å²) in [6, 6.07) is 0. The molecule has 1 aliphatic heterocycles. The second-order valence-electron chi connectivity index (χ2n) is 7.31. The van der Waals surface area contributed by atoms with Gasteiger partial charge in [0.15, 0.2) is 10.1 Å². The van der Waals surface area contributed by atoms with Crippen LogP contribution in [-0.4, -0.2) is 67.3 Å². The number of carbonyl (C=O) groups excluding carboxylic acids is 1. The summed E-state index contributed by atoms with van der Waals surface area (Å²) in [5, 5.41) is -13.5. The minimum absolute atomic E-state index is 0.246. The molecule has 16 heteroatoms. The van der Waals surface area contributed by atoms with E-state index in [1.807, 2.05) is 0 Å². The second kappa shape index (κ2) is 8.09. The van der Waals surface area contributed by atoms with Crippen LogP contribution in [0.4, 0.5) is 26.3 Å². The molecule has 30 heavy (non-hydrogen) atoms. The van der Waals surface area contributed by atoms with Crippen LogP contribution in [0.1, 0.15) is 40.0 Å². The number of sulfonamides is 1. The first-order valence-corrected chi connectivity index (χ1v) is 11.3. The van der Waals surface area contributed by atoms with E-state index >= 15 is 0 Å². The Balaban J connectivity index is 3.05. The highest BCUT2D eigenvalue weighted by atomic mass is 32.2. The monoisotopic (exact) mass is 492 g/mol. The highest BCUT2D eigenvalue weighted by molar-refractivity contribution is 7.90. The molecule has 0 amide bonds. The number of alkyl halides is 6. The molecule has 0 aromatic carbocycles. The Labute approximate surface area is 169 Å². The van der Waals surface area contributed by atoms with Crippen molar-refractivity contribution in [2.45, 2.75) is 62.6 Å². The number of esters is 1. The molecule has 1 heterocycles. The first-order valence-electron chi connectivity index (χ1n) is 8.46. The first-order chi connectivity index (χ1) is 13.2. The summed E-state index contributed by atoms with van der Waals surface area (Å²) in [7, 11) is -13.8. The molecule has 1 rings (SSSR count). The summed E-state index contributed by atoms with van der Waals surface area (Å²) in [5.74, 6) is -7.71. The van der Waals surface area contributed by atoms with Crippen LogP contribution in [-0.2, 0) is 29.7 Å². The third-order valence-electron chi connectivity index (χ3n) is 4.82. The number of halogens is 6. The van der Waals surface area contributed by atoms with Crippen LogP contribution in [0.3, 0.4) is 0 Å². The molecule has 1 saturated heterocycles. The van der Waals surface area contributed by atoms with Crippen LogP contribution in [0.15, 0.2) is 0 Å². The number of carbonyl (C=O) groups is 1. The lowest BCUT2D eigenvalue weighted by Gasteiger charge is -2.38. The molecule has 0 saturated carbocycles. The predicted molar refractivity (Wildman–Crippen MR) is 88.2 cm³/mol. The Morgan fingerprint density at radius 2 is 1.43 bits per heavy atom. The summed E-state index contributed by atoms with van der Waals surface area (Å²) in [6.07, 6.45) is -1.35. The molecule has 0 spiro atoms. The van der Waals surface area contributed by atoms with E-state index < -0.39 is 80.0 Å². The van der Waals surface area contributed by atoms with Crippen molar-refractivity contribution >= 4 is 26.1 Å². The van der Waals surface area contributed by atoms with E-state index in [0.717, 1.165) is 0 Å². The van der Waals surface area contributed by atoms with Crippen molar-refractivity contribution in [2.75, 3.05) is 13.1 Å². The fourth-order valence-corrected chi connectivity index (χ4v) is 4.27. The summed E-state index contributed by atoms with van der Waals surface area (Å²) in [4.78, 5) is 12.0. The highest BCUT2D eigenvalue weighted by Crippen LogP contribution is 2.51. The molecule has 0 aromatic heterocycles. The van der Waals surface area contributed by atoms with Gasteiger partial charge >= 0.3 is 22.4 Å². The average Bonchev–Trinajstić information content (AvgIpc) is 2.60. The molecule has 0 aromatic rings. The molecule has 178 valence electrons. The smallest absolute Gasteiger partial charge is 0.428 e. The molecule has 1 aliphatic rings. The van der Waals surface area contributed by atoms with E-state index in [0.29, 0.717) is 6.42 Å².